The molecular weight excluding hydrogens is 136 g/mol. The Morgan fingerprint density at radius 1 is 1.55 bits per heavy atom. The fourth-order valence-corrected chi connectivity index (χ4v) is 1.40. The highest BCUT2D eigenvalue weighted by molar-refractivity contribution is 5.53. The molecule has 1 aromatic heterocycles. The minimum atomic E-state index is 0.554. The van der Waals surface area contributed by atoms with Gasteiger partial charge in [-0.25, -0.2) is 9.97 Å². The Kier molecular flexibility index (Phi) is 1.46. The molecular formula is C9H10N2. The summed E-state index contributed by atoms with van der Waals surface area (Å²) >= 11 is 0. The van der Waals surface area contributed by atoms with Gasteiger partial charge in [-0.2, -0.15) is 0 Å². The van der Waals surface area contributed by atoms with E-state index in [-0.39, 0.29) is 0 Å². The molecule has 0 fully saturated rings. The van der Waals surface area contributed by atoms with Crippen LogP contribution >= 0.6 is 0 Å². The first-order valence-corrected chi connectivity index (χ1v) is 3.84. The van der Waals surface area contributed by atoms with Gasteiger partial charge in [-0.05, 0) is 6.42 Å². The zero-order valence-electron chi connectivity index (χ0n) is 6.49. The van der Waals surface area contributed by atoms with Crippen LogP contribution in [0.2, 0.25) is 0 Å². The molecule has 1 aliphatic carbocycles. The summed E-state index contributed by atoms with van der Waals surface area (Å²) in [6.07, 6.45) is 8.86. The average Bonchev–Trinajstić information content (AvgIpc) is 2.06. The van der Waals surface area contributed by atoms with E-state index in [9.17, 15) is 0 Å². The Bertz CT molecular complexity index is 291. The lowest BCUT2D eigenvalue weighted by Crippen LogP contribution is -2.02. The van der Waals surface area contributed by atoms with Crippen molar-refractivity contribution < 1.29 is 0 Å². The van der Waals surface area contributed by atoms with E-state index >= 15 is 0 Å². The number of hydrogen-bond donors (Lipinski definition) is 0. The summed E-state index contributed by atoms with van der Waals surface area (Å²) in [4.78, 5) is 8.21. The third-order valence-electron chi connectivity index (χ3n) is 2.03. The van der Waals surface area contributed by atoms with Crippen molar-refractivity contribution >= 4 is 6.08 Å². The molecule has 0 spiro atoms. The molecule has 1 aromatic rings. The number of rotatable bonds is 0. The molecule has 0 N–H and O–H groups in total. The molecule has 11 heavy (non-hydrogen) atoms. The Balaban J connectivity index is 2.54. The monoisotopic (exact) mass is 146 g/mol. The van der Waals surface area contributed by atoms with Gasteiger partial charge in [-0.15, -0.1) is 0 Å². The molecule has 0 aromatic carbocycles. The van der Waals surface area contributed by atoms with Gasteiger partial charge in [0.1, 0.15) is 6.33 Å². The van der Waals surface area contributed by atoms with Crippen LogP contribution in [0.5, 0.6) is 0 Å². The number of fused-ring (bicyclic) bond motifs is 1. The maximum Gasteiger partial charge on any atom is 0.115 e. The lowest BCUT2D eigenvalue weighted by atomic mass is 9.94. The van der Waals surface area contributed by atoms with E-state index in [1.807, 2.05) is 6.20 Å². The van der Waals surface area contributed by atoms with Crippen LogP contribution < -0.4 is 0 Å². The molecule has 1 heterocycles. The summed E-state index contributed by atoms with van der Waals surface area (Å²) in [6.45, 7) is 2.19. The van der Waals surface area contributed by atoms with Crippen molar-refractivity contribution in [1.29, 1.82) is 0 Å². The Morgan fingerprint density at radius 3 is 3.27 bits per heavy atom. The second kappa shape index (κ2) is 2.46. The molecule has 0 amide bonds. The smallest absolute Gasteiger partial charge is 0.115 e. The van der Waals surface area contributed by atoms with Crippen molar-refractivity contribution in [2.45, 2.75) is 19.3 Å². The van der Waals surface area contributed by atoms with E-state index in [2.05, 4.69) is 29.0 Å². The quantitative estimate of drug-likeness (QED) is 0.559. The van der Waals surface area contributed by atoms with Gasteiger partial charge < -0.3 is 0 Å². The van der Waals surface area contributed by atoms with E-state index in [1.54, 1.807) is 6.33 Å². The molecule has 0 saturated heterocycles. The van der Waals surface area contributed by atoms with Gasteiger partial charge in [0, 0.05) is 17.7 Å². The van der Waals surface area contributed by atoms with Gasteiger partial charge in [0.05, 0.1) is 5.69 Å². The van der Waals surface area contributed by atoms with Gasteiger partial charge in [0.2, 0.25) is 0 Å². The van der Waals surface area contributed by atoms with Crippen LogP contribution in [0.25, 0.3) is 6.08 Å². The second-order valence-corrected chi connectivity index (χ2v) is 2.90. The van der Waals surface area contributed by atoms with E-state index in [0.29, 0.717) is 5.92 Å². The summed E-state index contributed by atoms with van der Waals surface area (Å²) in [7, 11) is 0. The molecule has 1 unspecified atom stereocenters. The lowest BCUT2D eigenvalue weighted by Gasteiger charge is -2.14. The largest absolute Gasteiger partial charge is 0.244 e. The number of aromatic nitrogens is 2. The molecule has 2 rings (SSSR count). The van der Waals surface area contributed by atoms with Crippen molar-refractivity contribution in [1.82, 2.24) is 9.97 Å². The highest BCUT2D eigenvalue weighted by Gasteiger charge is 2.12. The van der Waals surface area contributed by atoms with Crippen LogP contribution in [-0.2, 0) is 0 Å². The van der Waals surface area contributed by atoms with E-state index in [1.165, 1.54) is 11.3 Å². The van der Waals surface area contributed by atoms with Crippen LogP contribution in [0.3, 0.4) is 0 Å². The average molecular weight is 146 g/mol. The highest BCUT2D eigenvalue weighted by Crippen LogP contribution is 2.25. The van der Waals surface area contributed by atoms with Crippen LogP contribution in [0.4, 0.5) is 0 Å². The van der Waals surface area contributed by atoms with E-state index in [4.69, 9.17) is 0 Å². The molecule has 0 radical (unpaired) electrons. The first kappa shape index (κ1) is 6.53. The number of hydrogen-bond acceptors (Lipinski definition) is 2. The second-order valence-electron chi connectivity index (χ2n) is 2.90. The first-order valence-electron chi connectivity index (χ1n) is 3.84. The molecule has 2 nitrogen and oxygen atoms in total. The number of nitrogens with zero attached hydrogens (tertiary/aromatic N) is 2. The zero-order chi connectivity index (χ0) is 7.68. The van der Waals surface area contributed by atoms with Crippen LogP contribution in [0.15, 0.2) is 18.6 Å². The molecule has 1 atom stereocenters. The van der Waals surface area contributed by atoms with Crippen molar-refractivity contribution in [3.05, 3.63) is 29.9 Å². The third kappa shape index (κ3) is 1.04. The highest BCUT2D eigenvalue weighted by atomic mass is 14.8. The fourth-order valence-electron chi connectivity index (χ4n) is 1.40. The predicted molar refractivity (Wildman–Crippen MR) is 44.1 cm³/mol. The van der Waals surface area contributed by atoms with Crippen molar-refractivity contribution in [3.8, 4) is 0 Å². The normalized spacial score (nSPS) is 21.4. The minimum absolute atomic E-state index is 0.554. The Labute approximate surface area is 66.0 Å². The molecule has 56 valence electrons. The SMILES string of the molecule is CC1CC=Cc2cncnc21. The first-order chi connectivity index (χ1) is 5.38. The third-order valence-corrected chi connectivity index (χ3v) is 2.03. The maximum atomic E-state index is 4.24. The lowest BCUT2D eigenvalue weighted by molar-refractivity contribution is 0.734. The van der Waals surface area contributed by atoms with Crippen molar-refractivity contribution in [2.24, 2.45) is 0 Å². The predicted octanol–water partition coefficient (Wildman–Crippen LogP) is 2.00. The summed E-state index contributed by atoms with van der Waals surface area (Å²) in [6, 6.07) is 0. The summed E-state index contributed by atoms with van der Waals surface area (Å²) < 4.78 is 0. The molecule has 1 aliphatic rings. The topological polar surface area (TPSA) is 25.8 Å². The van der Waals surface area contributed by atoms with Gasteiger partial charge in [-0.1, -0.05) is 19.1 Å². The van der Waals surface area contributed by atoms with E-state index < -0.39 is 0 Å². The van der Waals surface area contributed by atoms with Crippen LogP contribution in [0.1, 0.15) is 30.5 Å². The van der Waals surface area contributed by atoms with Crippen LogP contribution in [0, 0.1) is 0 Å². The van der Waals surface area contributed by atoms with Crippen molar-refractivity contribution in [2.75, 3.05) is 0 Å². The van der Waals surface area contributed by atoms with Gasteiger partial charge >= 0.3 is 0 Å². The van der Waals surface area contributed by atoms with E-state index in [0.717, 1.165) is 6.42 Å². The Hall–Kier alpha value is -1.18. The summed E-state index contributed by atoms with van der Waals surface area (Å²) in [5.74, 6) is 0.554. The molecule has 0 aliphatic heterocycles. The maximum absolute atomic E-state index is 4.24. The number of allylic oxidation sites excluding steroid dienone is 1. The summed E-state index contributed by atoms with van der Waals surface area (Å²) in [5.41, 5.74) is 2.36. The standard InChI is InChI=1S/C9H10N2/c1-7-3-2-4-8-5-10-6-11-9(7)8/h2,4-7H,3H2,1H3. The Morgan fingerprint density at radius 2 is 2.45 bits per heavy atom. The fraction of sp³-hybridized carbons (Fsp3) is 0.333. The van der Waals surface area contributed by atoms with Crippen molar-refractivity contribution in [3.63, 3.8) is 0 Å². The van der Waals surface area contributed by atoms with Gasteiger partial charge in [-0.3, -0.25) is 0 Å². The van der Waals surface area contributed by atoms with Gasteiger partial charge in [0.15, 0.2) is 0 Å². The minimum Gasteiger partial charge on any atom is -0.244 e. The zero-order valence-corrected chi connectivity index (χ0v) is 6.49. The molecule has 0 saturated carbocycles. The molecule has 0 bridgehead atoms. The summed E-state index contributed by atoms with van der Waals surface area (Å²) in [5, 5.41) is 0. The molecule has 2 heteroatoms. The van der Waals surface area contributed by atoms with Gasteiger partial charge in [0.25, 0.3) is 0 Å². The van der Waals surface area contributed by atoms with Crippen LogP contribution in [-0.4, -0.2) is 9.97 Å².